The van der Waals surface area contributed by atoms with E-state index in [4.69, 9.17) is 11.2 Å². The van der Waals surface area contributed by atoms with Crippen molar-refractivity contribution < 1.29 is 19.4 Å². The number of hydrogen-bond acceptors (Lipinski definition) is 4. The fourth-order valence-corrected chi connectivity index (χ4v) is 3.33. The van der Waals surface area contributed by atoms with E-state index in [9.17, 15) is 14.7 Å². The molecule has 110 valence electrons. The van der Waals surface area contributed by atoms with Crippen LogP contribution in [0, 0.1) is 12.3 Å². The van der Waals surface area contributed by atoms with Crippen LogP contribution in [0.5, 0.6) is 5.75 Å². The molecular formula is C15H15NO4S. The van der Waals surface area contributed by atoms with Crippen molar-refractivity contribution >= 4 is 23.6 Å². The molecule has 6 heteroatoms. The predicted molar refractivity (Wildman–Crippen MR) is 80.5 cm³/mol. The Labute approximate surface area is 127 Å². The number of ether oxygens (including phenoxy) is 1. The van der Waals surface area contributed by atoms with Gasteiger partial charge < -0.3 is 15.2 Å². The molecular weight excluding hydrogens is 290 g/mol. The predicted octanol–water partition coefficient (Wildman–Crippen LogP) is 1.39. The van der Waals surface area contributed by atoms with E-state index in [1.54, 1.807) is 24.3 Å². The van der Waals surface area contributed by atoms with Gasteiger partial charge in [-0.15, -0.1) is 6.42 Å². The molecule has 1 aromatic carbocycles. The van der Waals surface area contributed by atoms with Crippen molar-refractivity contribution in [3.63, 3.8) is 0 Å². The van der Waals surface area contributed by atoms with Gasteiger partial charge in [-0.2, -0.15) is 11.8 Å². The van der Waals surface area contributed by atoms with Crippen molar-refractivity contribution in [3.8, 4) is 18.1 Å². The molecule has 2 rings (SSSR count). The minimum absolute atomic E-state index is 0.158. The average molecular weight is 305 g/mol. The van der Waals surface area contributed by atoms with E-state index < -0.39 is 17.4 Å². The highest BCUT2D eigenvalue weighted by molar-refractivity contribution is 7.99. The molecule has 0 aromatic heterocycles. The molecule has 0 aliphatic carbocycles. The van der Waals surface area contributed by atoms with Gasteiger partial charge in [-0.1, -0.05) is 5.92 Å². The van der Waals surface area contributed by atoms with E-state index in [0.717, 1.165) is 5.75 Å². The highest BCUT2D eigenvalue weighted by Gasteiger charge is 2.43. The van der Waals surface area contributed by atoms with Crippen LogP contribution in [0.3, 0.4) is 0 Å². The van der Waals surface area contributed by atoms with Crippen molar-refractivity contribution in [2.75, 3.05) is 18.1 Å². The van der Waals surface area contributed by atoms with Gasteiger partial charge in [0.25, 0.3) is 5.91 Å². The van der Waals surface area contributed by atoms with E-state index >= 15 is 0 Å². The number of carbonyl (C=O) groups is 2. The van der Waals surface area contributed by atoms with E-state index in [1.165, 1.54) is 11.8 Å². The Balaban J connectivity index is 2.06. The average Bonchev–Trinajstić information content (AvgIpc) is 2.95. The third-order valence-corrected chi connectivity index (χ3v) is 4.41. The number of carboxylic acid groups (broad SMARTS) is 1. The van der Waals surface area contributed by atoms with Crippen LogP contribution in [0.2, 0.25) is 0 Å². The molecule has 1 unspecified atom stereocenters. The Kier molecular flexibility index (Phi) is 4.76. The molecule has 1 aliphatic heterocycles. The molecule has 1 aromatic rings. The lowest BCUT2D eigenvalue weighted by molar-refractivity contribution is -0.143. The van der Waals surface area contributed by atoms with E-state index in [0.29, 0.717) is 23.5 Å². The second kappa shape index (κ2) is 6.55. The molecule has 1 fully saturated rings. The van der Waals surface area contributed by atoms with Crippen molar-refractivity contribution in [2.45, 2.75) is 12.0 Å². The van der Waals surface area contributed by atoms with E-state index in [-0.39, 0.29) is 6.61 Å². The number of thioether (sulfide) groups is 1. The number of carbonyl (C=O) groups excluding carboxylic acids is 1. The summed E-state index contributed by atoms with van der Waals surface area (Å²) in [5.41, 5.74) is -0.777. The maximum atomic E-state index is 12.2. The minimum atomic E-state index is -1.17. The lowest BCUT2D eigenvalue weighted by atomic mass is 9.98. The summed E-state index contributed by atoms with van der Waals surface area (Å²) >= 11 is 1.52. The molecule has 0 bridgehead atoms. The Morgan fingerprint density at radius 1 is 1.43 bits per heavy atom. The highest BCUT2D eigenvalue weighted by atomic mass is 32.2. The molecule has 0 spiro atoms. The molecule has 1 saturated heterocycles. The third-order valence-electron chi connectivity index (χ3n) is 3.22. The molecule has 1 amide bonds. The zero-order chi connectivity index (χ0) is 15.3. The highest BCUT2D eigenvalue weighted by Crippen LogP contribution is 2.28. The number of terminal acetylenes is 1. The summed E-state index contributed by atoms with van der Waals surface area (Å²) in [4.78, 5) is 23.6. The number of nitrogens with one attached hydrogen (secondary N) is 1. The molecule has 0 radical (unpaired) electrons. The van der Waals surface area contributed by atoms with Gasteiger partial charge in [0.2, 0.25) is 0 Å². The Morgan fingerprint density at radius 3 is 2.67 bits per heavy atom. The van der Waals surface area contributed by atoms with Crippen molar-refractivity contribution in [1.29, 1.82) is 0 Å². The van der Waals surface area contributed by atoms with Crippen LogP contribution in [-0.4, -0.2) is 40.6 Å². The number of carboxylic acids is 1. The van der Waals surface area contributed by atoms with Crippen LogP contribution in [-0.2, 0) is 4.79 Å². The summed E-state index contributed by atoms with van der Waals surface area (Å²) in [6.45, 7) is 0.158. The fourth-order valence-electron chi connectivity index (χ4n) is 2.00. The third kappa shape index (κ3) is 3.50. The van der Waals surface area contributed by atoms with Crippen molar-refractivity contribution in [3.05, 3.63) is 29.8 Å². The Bertz CT molecular complexity index is 570. The molecule has 1 atom stereocenters. The molecule has 21 heavy (non-hydrogen) atoms. The number of benzene rings is 1. The van der Waals surface area contributed by atoms with E-state index in [2.05, 4.69) is 11.2 Å². The fraction of sp³-hybridized carbons (Fsp3) is 0.333. The second-order valence-electron chi connectivity index (χ2n) is 4.66. The molecule has 0 saturated carbocycles. The maximum absolute atomic E-state index is 12.2. The summed E-state index contributed by atoms with van der Waals surface area (Å²) in [7, 11) is 0. The first-order chi connectivity index (χ1) is 10.1. The zero-order valence-corrected chi connectivity index (χ0v) is 12.1. The number of rotatable bonds is 5. The largest absolute Gasteiger partial charge is 0.481 e. The summed E-state index contributed by atoms with van der Waals surface area (Å²) in [5.74, 6) is 2.64. The molecule has 1 aliphatic rings. The van der Waals surface area contributed by atoms with Gasteiger partial charge >= 0.3 is 5.97 Å². The van der Waals surface area contributed by atoms with E-state index in [1.807, 2.05) is 0 Å². The van der Waals surface area contributed by atoms with Crippen LogP contribution < -0.4 is 10.1 Å². The Hall–Kier alpha value is -2.13. The lowest BCUT2D eigenvalue weighted by Gasteiger charge is -2.24. The van der Waals surface area contributed by atoms with Gasteiger partial charge in [-0.3, -0.25) is 4.79 Å². The number of aliphatic carboxylic acids is 1. The van der Waals surface area contributed by atoms with Gasteiger partial charge in [0, 0.05) is 11.3 Å². The van der Waals surface area contributed by atoms with Crippen LogP contribution in [0.25, 0.3) is 0 Å². The van der Waals surface area contributed by atoms with Gasteiger partial charge in [-0.25, -0.2) is 4.79 Å². The summed E-state index contributed by atoms with van der Waals surface area (Å²) in [6, 6.07) is 6.42. The molecule has 5 nitrogen and oxygen atoms in total. The van der Waals surface area contributed by atoms with Crippen molar-refractivity contribution in [1.82, 2.24) is 5.32 Å². The quantitative estimate of drug-likeness (QED) is 0.804. The van der Waals surface area contributed by atoms with Gasteiger partial charge in [-0.05, 0) is 36.4 Å². The lowest BCUT2D eigenvalue weighted by Crippen LogP contribution is -2.54. The maximum Gasteiger partial charge on any atom is 0.330 e. The monoisotopic (exact) mass is 305 g/mol. The van der Waals surface area contributed by atoms with Gasteiger partial charge in [0.1, 0.15) is 17.9 Å². The first-order valence-corrected chi connectivity index (χ1v) is 7.53. The molecule has 2 N–H and O–H groups in total. The first kappa shape index (κ1) is 15.3. The summed E-state index contributed by atoms with van der Waals surface area (Å²) in [6.07, 6.45) is 5.52. The first-order valence-electron chi connectivity index (χ1n) is 6.37. The SMILES string of the molecule is C#CCOc1ccc(C(=O)NC2(C(=O)O)CCSC2)cc1. The second-order valence-corrected chi connectivity index (χ2v) is 5.77. The van der Waals surface area contributed by atoms with Crippen molar-refractivity contribution in [2.24, 2.45) is 0 Å². The smallest absolute Gasteiger partial charge is 0.330 e. The zero-order valence-electron chi connectivity index (χ0n) is 11.3. The van der Waals surface area contributed by atoms with Gasteiger partial charge in [0.15, 0.2) is 0 Å². The minimum Gasteiger partial charge on any atom is -0.481 e. The van der Waals surface area contributed by atoms with Crippen LogP contribution >= 0.6 is 11.8 Å². The topological polar surface area (TPSA) is 75.6 Å². The van der Waals surface area contributed by atoms with Crippen LogP contribution in [0.1, 0.15) is 16.8 Å². The number of amides is 1. The summed E-state index contributed by atoms with van der Waals surface area (Å²) < 4.78 is 5.22. The standard InChI is InChI=1S/C15H15NO4S/c1-2-8-20-12-5-3-11(4-6-12)13(17)16-15(14(18)19)7-9-21-10-15/h1,3-6H,7-10H2,(H,16,17)(H,18,19). The normalized spacial score (nSPS) is 20.5. The number of hydrogen-bond donors (Lipinski definition) is 2. The molecule has 1 heterocycles. The van der Waals surface area contributed by atoms with Gasteiger partial charge in [0.05, 0.1) is 0 Å². The van der Waals surface area contributed by atoms with Crippen LogP contribution in [0.15, 0.2) is 24.3 Å². The van der Waals surface area contributed by atoms with Crippen LogP contribution in [0.4, 0.5) is 0 Å². The Morgan fingerprint density at radius 2 is 2.14 bits per heavy atom. The summed E-state index contributed by atoms with van der Waals surface area (Å²) in [5, 5.41) is 12.0.